The molecule has 5 nitrogen and oxygen atoms in total. The van der Waals surface area contributed by atoms with Crippen molar-refractivity contribution in [2.75, 3.05) is 5.73 Å². The molecule has 0 radical (unpaired) electrons. The Kier molecular flexibility index (Phi) is 3.53. The molecule has 0 aliphatic heterocycles. The van der Waals surface area contributed by atoms with Gasteiger partial charge in [-0.2, -0.15) is 0 Å². The number of thioether (sulfide) groups is 1. The molecule has 6 heteroatoms. The van der Waals surface area contributed by atoms with Crippen LogP contribution < -0.4 is 11.5 Å². The molecule has 1 aromatic heterocycles. The van der Waals surface area contributed by atoms with E-state index in [4.69, 9.17) is 15.9 Å². The summed E-state index contributed by atoms with van der Waals surface area (Å²) in [5, 5.41) is 0.592. The molecule has 0 saturated carbocycles. The van der Waals surface area contributed by atoms with Crippen LogP contribution in [0.1, 0.15) is 15.9 Å². The second kappa shape index (κ2) is 5.49. The molecule has 3 aromatic rings. The molecule has 106 valence electrons. The Labute approximate surface area is 125 Å². The number of anilines is 1. The first-order valence-corrected chi connectivity index (χ1v) is 7.28. The number of carbonyl (C=O) groups excluding carboxylic acids is 1. The summed E-state index contributed by atoms with van der Waals surface area (Å²) in [6.07, 6.45) is 0. The molecule has 0 spiro atoms. The van der Waals surface area contributed by atoms with Gasteiger partial charge in [-0.05, 0) is 29.8 Å². The van der Waals surface area contributed by atoms with Crippen molar-refractivity contribution in [3.05, 3.63) is 53.6 Å². The van der Waals surface area contributed by atoms with Gasteiger partial charge in [0.25, 0.3) is 5.22 Å². The van der Waals surface area contributed by atoms with Crippen molar-refractivity contribution in [1.29, 1.82) is 0 Å². The third-order valence-corrected chi connectivity index (χ3v) is 3.89. The number of primary amides is 1. The smallest absolute Gasteiger partial charge is 0.257 e. The predicted molar refractivity (Wildman–Crippen MR) is 82.9 cm³/mol. The van der Waals surface area contributed by atoms with E-state index in [1.54, 1.807) is 24.3 Å². The van der Waals surface area contributed by atoms with Gasteiger partial charge < -0.3 is 15.9 Å². The van der Waals surface area contributed by atoms with E-state index in [0.717, 1.165) is 11.1 Å². The lowest BCUT2D eigenvalue weighted by atomic mass is 10.1. The molecule has 0 fully saturated rings. The summed E-state index contributed by atoms with van der Waals surface area (Å²) in [5.41, 5.74) is 14.6. The number of benzene rings is 2. The molecule has 1 heterocycles. The number of nitrogen functional groups attached to an aromatic ring is 1. The SMILES string of the molecule is NC(=O)c1ccc(CSc2nc3ccc(N)cc3o2)cc1. The topological polar surface area (TPSA) is 95.1 Å². The summed E-state index contributed by atoms with van der Waals surface area (Å²) in [6, 6.07) is 12.5. The van der Waals surface area contributed by atoms with Gasteiger partial charge in [0.15, 0.2) is 5.58 Å². The van der Waals surface area contributed by atoms with E-state index in [9.17, 15) is 4.79 Å². The van der Waals surface area contributed by atoms with Crippen LogP contribution >= 0.6 is 11.8 Å². The normalized spacial score (nSPS) is 10.9. The van der Waals surface area contributed by atoms with Crippen molar-refractivity contribution in [3.63, 3.8) is 0 Å². The first kappa shape index (κ1) is 13.5. The Morgan fingerprint density at radius 2 is 1.95 bits per heavy atom. The molecule has 2 aromatic carbocycles. The van der Waals surface area contributed by atoms with Gasteiger partial charge in [-0.25, -0.2) is 4.98 Å². The summed E-state index contributed by atoms with van der Waals surface area (Å²) in [6.45, 7) is 0. The highest BCUT2D eigenvalue weighted by Crippen LogP contribution is 2.27. The van der Waals surface area contributed by atoms with Gasteiger partial charge in [-0.15, -0.1) is 0 Å². The van der Waals surface area contributed by atoms with Gasteiger partial charge in [0.05, 0.1) is 0 Å². The molecule has 21 heavy (non-hydrogen) atoms. The van der Waals surface area contributed by atoms with Gasteiger partial charge >= 0.3 is 0 Å². The van der Waals surface area contributed by atoms with E-state index in [1.165, 1.54) is 11.8 Å². The Bertz CT molecular complexity index is 796. The number of nitrogens with zero attached hydrogens (tertiary/aromatic N) is 1. The van der Waals surface area contributed by atoms with E-state index >= 15 is 0 Å². The number of hydrogen-bond acceptors (Lipinski definition) is 5. The second-order valence-electron chi connectivity index (χ2n) is 4.56. The minimum absolute atomic E-state index is 0.425. The van der Waals surface area contributed by atoms with Gasteiger partial charge in [-0.3, -0.25) is 4.79 Å². The Morgan fingerprint density at radius 3 is 2.67 bits per heavy atom. The molecule has 0 atom stereocenters. The van der Waals surface area contributed by atoms with Crippen molar-refractivity contribution < 1.29 is 9.21 Å². The van der Waals surface area contributed by atoms with Crippen LogP contribution in [0.15, 0.2) is 52.1 Å². The number of fused-ring (bicyclic) bond motifs is 1. The van der Waals surface area contributed by atoms with Crippen LogP contribution in [0.25, 0.3) is 11.1 Å². The minimum atomic E-state index is -0.425. The first-order valence-electron chi connectivity index (χ1n) is 6.29. The number of hydrogen-bond donors (Lipinski definition) is 2. The van der Waals surface area contributed by atoms with Crippen LogP contribution in [-0.2, 0) is 5.75 Å². The lowest BCUT2D eigenvalue weighted by Gasteiger charge is -2.00. The molecule has 0 saturated heterocycles. The maximum atomic E-state index is 11.0. The summed E-state index contributed by atoms with van der Waals surface area (Å²) in [5.74, 6) is 0.271. The van der Waals surface area contributed by atoms with E-state index in [1.807, 2.05) is 18.2 Å². The summed E-state index contributed by atoms with van der Waals surface area (Å²) >= 11 is 1.48. The van der Waals surface area contributed by atoms with Gasteiger partial charge in [-0.1, -0.05) is 23.9 Å². The number of nitrogens with two attached hydrogens (primary N) is 2. The van der Waals surface area contributed by atoms with Gasteiger partial charge in [0, 0.05) is 23.1 Å². The molecular weight excluding hydrogens is 286 g/mol. The van der Waals surface area contributed by atoms with Crippen molar-refractivity contribution in [1.82, 2.24) is 4.98 Å². The average molecular weight is 299 g/mol. The van der Waals surface area contributed by atoms with E-state index in [-0.39, 0.29) is 0 Å². The van der Waals surface area contributed by atoms with Crippen molar-refractivity contribution in [2.45, 2.75) is 11.0 Å². The number of aromatic nitrogens is 1. The van der Waals surface area contributed by atoms with E-state index in [0.29, 0.717) is 27.8 Å². The standard InChI is InChI=1S/C15H13N3O2S/c16-11-5-6-12-13(7-11)20-15(18-12)21-8-9-1-3-10(4-2-9)14(17)19/h1-7H,8,16H2,(H2,17,19). The molecule has 0 aliphatic rings. The van der Waals surface area contributed by atoms with Crippen LogP contribution in [0, 0.1) is 0 Å². The van der Waals surface area contributed by atoms with Crippen LogP contribution in [0.5, 0.6) is 0 Å². The Balaban J connectivity index is 1.72. The molecule has 1 amide bonds. The monoisotopic (exact) mass is 299 g/mol. The van der Waals surface area contributed by atoms with Crippen LogP contribution in [-0.4, -0.2) is 10.9 Å². The molecule has 0 bridgehead atoms. The van der Waals surface area contributed by atoms with Crippen molar-refractivity contribution in [2.24, 2.45) is 5.73 Å². The zero-order chi connectivity index (χ0) is 14.8. The largest absolute Gasteiger partial charge is 0.431 e. The maximum absolute atomic E-state index is 11.0. The fourth-order valence-corrected chi connectivity index (χ4v) is 2.69. The fourth-order valence-electron chi connectivity index (χ4n) is 1.89. The zero-order valence-corrected chi connectivity index (χ0v) is 11.9. The third kappa shape index (κ3) is 3.00. The summed E-state index contributed by atoms with van der Waals surface area (Å²) in [4.78, 5) is 15.4. The predicted octanol–water partition coefficient (Wildman–Crippen LogP) is 2.80. The quantitative estimate of drug-likeness (QED) is 0.570. The average Bonchev–Trinajstić information content (AvgIpc) is 2.87. The highest BCUT2D eigenvalue weighted by atomic mass is 32.2. The number of rotatable bonds is 4. The van der Waals surface area contributed by atoms with E-state index in [2.05, 4.69) is 4.98 Å². The minimum Gasteiger partial charge on any atom is -0.431 e. The lowest BCUT2D eigenvalue weighted by molar-refractivity contribution is 0.100. The summed E-state index contributed by atoms with van der Waals surface area (Å²) < 4.78 is 5.63. The van der Waals surface area contributed by atoms with Crippen molar-refractivity contribution in [3.8, 4) is 0 Å². The van der Waals surface area contributed by atoms with E-state index < -0.39 is 5.91 Å². The van der Waals surface area contributed by atoms with Crippen molar-refractivity contribution >= 4 is 34.5 Å². The highest BCUT2D eigenvalue weighted by Gasteiger charge is 2.07. The van der Waals surface area contributed by atoms with Crippen LogP contribution in [0.4, 0.5) is 5.69 Å². The van der Waals surface area contributed by atoms with Crippen LogP contribution in [0.2, 0.25) is 0 Å². The molecule has 0 aliphatic carbocycles. The molecule has 0 unspecified atom stereocenters. The Morgan fingerprint density at radius 1 is 1.19 bits per heavy atom. The van der Waals surface area contributed by atoms with Crippen LogP contribution in [0.3, 0.4) is 0 Å². The Hall–Kier alpha value is -2.47. The third-order valence-electron chi connectivity index (χ3n) is 2.99. The second-order valence-corrected chi connectivity index (χ2v) is 5.48. The van der Waals surface area contributed by atoms with Gasteiger partial charge in [0.1, 0.15) is 5.52 Å². The molecule has 4 N–H and O–H groups in total. The maximum Gasteiger partial charge on any atom is 0.257 e. The molecular formula is C15H13N3O2S. The lowest BCUT2D eigenvalue weighted by Crippen LogP contribution is -2.10. The zero-order valence-electron chi connectivity index (χ0n) is 11.1. The molecule has 3 rings (SSSR count). The number of amides is 1. The summed E-state index contributed by atoms with van der Waals surface area (Å²) in [7, 11) is 0. The fraction of sp³-hybridized carbons (Fsp3) is 0.0667. The first-order chi connectivity index (χ1) is 10.1. The van der Waals surface area contributed by atoms with Gasteiger partial charge in [0.2, 0.25) is 5.91 Å². The number of oxazole rings is 1. The highest BCUT2D eigenvalue weighted by molar-refractivity contribution is 7.98. The number of carbonyl (C=O) groups is 1.